The van der Waals surface area contributed by atoms with Crippen molar-refractivity contribution in [2.45, 2.75) is 26.2 Å². The first kappa shape index (κ1) is 12.2. The number of nitrogens with one attached hydrogen (secondary N) is 1. The Morgan fingerprint density at radius 1 is 1.59 bits per heavy atom. The summed E-state index contributed by atoms with van der Waals surface area (Å²) in [5, 5.41) is 2.99. The molecule has 0 radical (unpaired) electrons. The SMILES string of the molecule is Cc1sc(C(=O)NCC2CC=CCC2)cc1N. The zero-order valence-corrected chi connectivity index (χ0v) is 10.8. The van der Waals surface area contributed by atoms with E-state index < -0.39 is 0 Å². The molecule has 1 aliphatic rings. The lowest BCUT2D eigenvalue weighted by atomic mass is 9.94. The molecule has 1 heterocycles. The lowest BCUT2D eigenvalue weighted by Gasteiger charge is -2.17. The molecule has 0 saturated carbocycles. The van der Waals surface area contributed by atoms with E-state index in [4.69, 9.17) is 5.73 Å². The Morgan fingerprint density at radius 3 is 3.00 bits per heavy atom. The number of nitrogens with two attached hydrogens (primary N) is 1. The highest BCUT2D eigenvalue weighted by molar-refractivity contribution is 7.14. The van der Waals surface area contributed by atoms with Crippen LogP contribution in [0.15, 0.2) is 18.2 Å². The van der Waals surface area contributed by atoms with E-state index in [9.17, 15) is 4.79 Å². The Balaban J connectivity index is 1.86. The minimum atomic E-state index is 0.00403. The highest BCUT2D eigenvalue weighted by Gasteiger charge is 2.14. The predicted octanol–water partition coefficient (Wildman–Crippen LogP) is 2.72. The third kappa shape index (κ3) is 3.09. The van der Waals surface area contributed by atoms with Gasteiger partial charge >= 0.3 is 0 Å². The molecule has 3 nitrogen and oxygen atoms in total. The van der Waals surface area contributed by atoms with Crippen molar-refractivity contribution in [1.29, 1.82) is 0 Å². The van der Waals surface area contributed by atoms with Crippen molar-refractivity contribution in [3.63, 3.8) is 0 Å². The zero-order valence-electron chi connectivity index (χ0n) is 10.0. The standard InChI is InChI=1S/C13H18N2OS/c1-9-11(14)7-12(17-9)13(16)15-8-10-5-3-2-4-6-10/h2-3,7,10H,4-6,8,14H2,1H3,(H,15,16). The monoisotopic (exact) mass is 250 g/mol. The molecule has 0 fully saturated rings. The molecule has 0 aromatic carbocycles. The van der Waals surface area contributed by atoms with Crippen LogP contribution in [0.2, 0.25) is 0 Å². The Morgan fingerprint density at radius 2 is 2.41 bits per heavy atom. The number of aryl methyl sites for hydroxylation is 1. The second-order valence-electron chi connectivity index (χ2n) is 4.48. The molecule has 1 aromatic rings. The summed E-state index contributed by atoms with van der Waals surface area (Å²) in [6.45, 7) is 2.70. The quantitative estimate of drug-likeness (QED) is 0.810. The molecule has 0 saturated heterocycles. The fourth-order valence-corrected chi connectivity index (χ4v) is 2.83. The van der Waals surface area contributed by atoms with Crippen molar-refractivity contribution in [3.05, 3.63) is 28.0 Å². The van der Waals surface area contributed by atoms with Gasteiger partial charge in [0.2, 0.25) is 0 Å². The molecular weight excluding hydrogens is 232 g/mol. The highest BCUT2D eigenvalue weighted by atomic mass is 32.1. The molecule has 1 aromatic heterocycles. The van der Waals surface area contributed by atoms with Gasteiger partial charge in [-0.05, 0) is 38.2 Å². The summed E-state index contributed by atoms with van der Waals surface area (Å²) in [6, 6.07) is 1.76. The van der Waals surface area contributed by atoms with Gasteiger partial charge in [0.15, 0.2) is 0 Å². The first-order valence-electron chi connectivity index (χ1n) is 5.96. The van der Waals surface area contributed by atoms with Crippen molar-refractivity contribution in [1.82, 2.24) is 5.32 Å². The van der Waals surface area contributed by atoms with Crippen LogP contribution in [0.25, 0.3) is 0 Å². The summed E-state index contributed by atoms with van der Waals surface area (Å²) >= 11 is 1.46. The lowest BCUT2D eigenvalue weighted by molar-refractivity contribution is 0.0950. The summed E-state index contributed by atoms with van der Waals surface area (Å²) in [4.78, 5) is 13.6. The summed E-state index contributed by atoms with van der Waals surface area (Å²) in [5.74, 6) is 0.590. The molecule has 3 N–H and O–H groups in total. The van der Waals surface area contributed by atoms with E-state index in [1.807, 2.05) is 6.92 Å². The third-order valence-corrected chi connectivity index (χ3v) is 4.17. The maximum Gasteiger partial charge on any atom is 0.261 e. The minimum Gasteiger partial charge on any atom is -0.398 e. The molecule has 92 valence electrons. The molecule has 0 aliphatic heterocycles. The van der Waals surface area contributed by atoms with E-state index in [1.165, 1.54) is 17.8 Å². The van der Waals surface area contributed by atoms with Gasteiger partial charge in [0.25, 0.3) is 5.91 Å². The average Bonchev–Trinajstić information content (AvgIpc) is 2.68. The molecular formula is C13H18N2OS. The van der Waals surface area contributed by atoms with E-state index in [0.717, 1.165) is 24.3 Å². The molecule has 1 amide bonds. The number of hydrogen-bond donors (Lipinski definition) is 2. The second kappa shape index (κ2) is 5.36. The van der Waals surface area contributed by atoms with Crippen LogP contribution >= 0.6 is 11.3 Å². The Kier molecular flexibility index (Phi) is 3.84. The van der Waals surface area contributed by atoms with E-state index >= 15 is 0 Å². The summed E-state index contributed by atoms with van der Waals surface area (Å²) in [7, 11) is 0. The smallest absolute Gasteiger partial charge is 0.261 e. The molecule has 17 heavy (non-hydrogen) atoms. The van der Waals surface area contributed by atoms with Gasteiger partial charge in [-0.15, -0.1) is 11.3 Å². The molecule has 1 unspecified atom stereocenters. The van der Waals surface area contributed by atoms with Crippen LogP contribution in [-0.2, 0) is 0 Å². The van der Waals surface area contributed by atoms with Gasteiger partial charge in [0, 0.05) is 17.1 Å². The van der Waals surface area contributed by atoms with Crippen LogP contribution in [0.3, 0.4) is 0 Å². The Hall–Kier alpha value is -1.29. The molecule has 0 bridgehead atoms. The maximum absolute atomic E-state index is 11.9. The normalized spacial score (nSPS) is 19.2. The van der Waals surface area contributed by atoms with E-state index in [0.29, 0.717) is 16.5 Å². The lowest BCUT2D eigenvalue weighted by Crippen LogP contribution is -2.29. The van der Waals surface area contributed by atoms with Gasteiger partial charge in [-0.3, -0.25) is 4.79 Å². The molecule has 1 atom stereocenters. The molecule has 0 spiro atoms. The number of thiophene rings is 1. The number of allylic oxidation sites excluding steroid dienone is 2. The first-order chi connectivity index (χ1) is 8.16. The van der Waals surface area contributed by atoms with Gasteiger partial charge in [0.05, 0.1) is 4.88 Å². The fourth-order valence-electron chi connectivity index (χ4n) is 1.97. The number of anilines is 1. The summed E-state index contributed by atoms with van der Waals surface area (Å²) in [6.07, 6.45) is 7.79. The number of carbonyl (C=O) groups excluding carboxylic acids is 1. The van der Waals surface area contributed by atoms with Crippen molar-refractivity contribution < 1.29 is 4.79 Å². The Labute approximate surface area is 106 Å². The van der Waals surface area contributed by atoms with Crippen LogP contribution < -0.4 is 11.1 Å². The topological polar surface area (TPSA) is 55.1 Å². The first-order valence-corrected chi connectivity index (χ1v) is 6.77. The van der Waals surface area contributed by atoms with Gasteiger partial charge in [0.1, 0.15) is 0 Å². The average molecular weight is 250 g/mol. The highest BCUT2D eigenvalue weighted by Crippen LogP contribution is 2.23. The maximum atomic E-state index is 11.9. The van der Waals surface area contributed by atoms with Crippen LogP contribution in [0, 0.1) is 12.8 Å². The minimum absolute atomic E-state index is 0.00403. The van der Waals surface area contributed by atoms with E-state index in [2.05, 4.69) is 17.5 Å². The molecule has 1 aliphatic carbocycles. The predicted molar refractivity (Wildman–Crippen MR) is 72.3 cm³/mol. The fraction of sp³-hybridized carbons (Fsp3) is 0.462. The van der Waals surface area contributed by atoms with Crippen LogP contribution in [0.1, 0.15) is 33.8 Å². The number of carbonyl (C=O) groups is 1. The van der Waals surface area contributed by atoms with Crippen LogP contribution in [-0.4, -0.2) is 12.5 Å². The largest absolute Gasteiger partial charge is 0.398 e. The second-order valence-corrected chi connectivity index (χ2v) is 5.74. The van der Waals surface area contributed by atoms with E-state index in [-0.39, 0.29) is 5.91 Å². The molecule has 2 rings (SSSR count). The summed E-state index contributed by atoms with van der Waals surface area (Å²) in [5.41, 5.74) is 6.45. The number of nitrogen functional groups attached to an aromatic ring is 1. The molecule has 4 heteroatoms. The number of hydrogen-bond acceptors (Lipinski definition) is 3. The van der Waals surface area contributed by atoms with Crippen molar-refractivity contribution in [2.75, 3.05) is 12.3 Å². The van der Waals surface area contributed by atoms with Gasteiger partial charge in [-0.25, -0.2) is 0 Å². The third-order valence-electron chi connectivity index (χ3n) is 3.11. The zero-order chi connectivity index (χ0) is 12.3. The van der Waals surface area contributed by atoms with Crippen LogP contribution in [0.5, 0.6) is 0 Å². The van der Waals surface area contributed by atoms with Crippen LogP contribution in [0.4, 0.5) is 5.69 Å². The Bertz CT molecular complexity index is 417. The number of amides is 1. The van der Waals surface area contributed by atoms with Gasteiger partial charge in [-0.2, -0.15) is 0 Å². The van der Waals surface area contributed by atoms with Gasteiger partial charge in [-0.1, -0.05) is 12.2 Å². The van der Waals surface area contributed by atoms with Crippen molar-refractivity contribution >= 4 is 22.9 Å². The van der Waals surface area contributed by atoms with Gasteiger partial charge < -0.3 is 11.1 Å². The summed E-state index contributed by atoms with van der Waals surface area (Å²) < 4.78 is 0. The van der Waals surface area contributed by atoms with Crippen molar-refractivity contribution in [3.8, 4) is 0 Å². The van der Waals surface area contributed by atoms with Crippen molar-refractivity contribution in [2.24, 2.45) is 5.92 Å². The number of rotatable bonds is 3. The van der Waals surface area contributed by atoms with E-state index in [1.54, 1.807) is 6.07 Å².